The Morgan fingerprint density at radius 1 is 1.19 bits per heavy atom. The fourth-order valence-corrected chi connectivity index (χ4v) is 3.12. The van der Waals surface area contributed by atoms with Gasteiger partial charge in [0.25, 0.3) is 5.91 Å². The van der Waals surface area contributed by atoms with E-state index in [4.69, 9.17) is 0 Å². The van der Waals surface area contributed by atoms with Crippen LogP contribution >= 0.6 is 0 Å². The maximum atomic E-state index is 13.1. The van der Waals surface area contributed by atoms with Crippen LogP contribution < -0.4 is 5.32 Å². The van der Waals surface area contributed by atoms with E-state index in [1.807, 2.05) is 0 Å². The number of benzene rings is 2. The smallest absolute Gasteiger partial charge is 0.271 e. The number of rotatable bonds is 3. The van der Waals surface area contributed by atoms with Gasteiger partial charge in [0.15, 0.2) is 0 Å². The Morgan fingerprint density at radius 2 is 1.85 bits per heavy atom. The van der Waals surface area contributed by atoms with Crippen molar-refractivity contribution in [3.8, 4) is 6.07 Å². The van der Waals surface area contributed by atoms with Crippen molar-refractivity contribution in [1.29, 1.82) is 5.26 Å². The largest absolute Gasteiger partial charge is 0.328 e. The Hall–Kier alpha value is -3.46. The second-order valence-corrected chi connectivity index (χ2v) is 6.41. The molecule has 2 aromatic carbocycles. The minimum Gasteiger partial charge on any atom is -0.328 e. The van der Waals surface area contributed by atoms with Gasteiger partial charge in [-0.05, 0) is 41.8 Å². The number of hydrogen-bond donors (Lipinski definition) is 1. The summed E-state index contributed by atoms with van der Waals surface area (Å²) in [5.74, 6) is -0.995. The molecule has 1 atom stereocenters. The second-order valence-electron chi connectivity index (χ2n) is 6.41. The predicted octanol–water partition coefficient (Wildman–Crippen LogP) is 2.63. The molecule has 1 heterocycles. The predicted molar refractivity (Wildman–Crippen MR) is 98.6 cm³/mol. The first-order valence-corrected chi connectivity index (χ1v) is 8.45. The highest BCUT2D eigenvalue weighted by atomic mass is 19.1. The lowest BCUT2D eigenvalue weighted by molar-refractivity contribution is -0.140. The average molecular weight is 363 g/mol. The Balaban J connectivity index is 1.91. The zero-order chi connectivity index (χ0) is 19.6. The van der Waals surface area contributed by atoms with Crippen molar-refractivity contribution in [2.45, 2.75) is 19.4 Å². The highest BCUT2D eigenvalue weighted by molar-refractivity contribution is 6.09. The van der Waals surface area contributed by atoms with Gasteiger partial charge in [-0.3, -0.25) is 9.59 Å². The molecule has 1 aliphatic heterocycles. The van der Waals surface area contributed by atoms with Gasteiger partial charge in [0.2, 0.25) is 5.91 Å². The SMILES string of the molecule is CC(=C1NC(=O)C(Cc2ccc(F)cc2)N(C)C1=O)c1ccccc1C#N. The number of likely N-dealkylation sites (N-methyl/N-ethyl adjacent to an activating group) is 1. The molecule has 2 amide bonds. The zero-order valence-corrected chi connectivity index (χ0v) is 15.0. The molecule has 0 aliphatic carbocycles. The minimum absolute atomic E-state index is 0.167. The topological polar surface area (TPSA) is 73.2 Å². The van der Waals surface area contributed by atoms with Gasteiger partial charge in [0.05, 0.1) is 11.6 Å². The molecule has 136 valence electrons. The van der Waals surface area contributed by atoms with E-state index in [1.165, 1.54) is 17.0 Å². The maximum absolute atomic E-state index is 13.1. The summed E-state index contributed by atoms with van der Waals surface area (Å²) in [6.07, 6.45) is 0.287. The van der Waals surface area contributed by atoms with Crippen molar-refractivity contribution in [3.05, 3.63) is 76.7 Å². The van der Waals surface area contributed by atoms with Crippen molar-refractivity contribution in [2.75, 3.05) is 7.05 Å². The van der Waals surface area contributed by atoms with Gasteiger partial charge < -0.3 is 10.2 Å². The van der Waals surface area contributed by atoms with E-state index in [9.17, 15) is 19.2 Å². The maximum Gasteiger partial charge on any atom is 0.271 e. The highest BCUT2D eigenvalue weighted by Crippen LogP contribution is 2.25. The first kappa shape index (κ1) is 18.3. The van der Waals surface area contributed by atoms with Crippen LogP contribution in [0, 0.1) is 17.1 Å². The van der Waals surface area contributed by atoms with Gasteiger partial charge in [0, 0.05) is 13.5 Å². The van der Waals surface area contributed by atoms with E-state index in [0.717, 1.165) is 5.56 Å². The summed E-state index contributed by atoms with van der Waals surface area (Å²) >= 11 is 0. The van der Waals surface area contributed by atoms with Crippen LogP contribution in [0.4, 0.5) is 4.39 Å². The number of nitrogens with zero attached hydrogens (tertiary/aromatic N) is 2. The van der Waals surface area contributed by atoms with Crippen molar-refractivity contribution in [3.63, 3.8) is 0 Å². The Bertz CT molecular complexity index is 974. The number of halogens is 1. The number of nitriles is 1. The van der Waals surface area contributed by atoms with E-state index in [-0.39, 0.29) is 29.7 Å². The molecule has 1 N–H and O–H groups in total. The number of nitrogens with one attached hydrogen (secondary N) is 1. The van der Waals surface area contributed by atoms with Gasteiger partial charge in [-0.1, -0.05) is 30.3 Å². The molecule has 1 aliphatic rings. The normalized spacial score (nSPS) is 18.7. The Morgan fingerprint density at radius 3 is 2.52 bits per heavy atom. The lowest BCUT2D eigenvalue weighted by atomic mass is 9.96. The number of carbonyl (C=O) groups excluding carboxylic acids is 2. The lowest BCUT2D eigenvalue weighted by Crippen LogP contribution is -2.56. The standard InChI is InChI=1S/C21H18FN3O2/c1-13(17-6-4-3-5-15(17)12-23)19-21(27)25(2)18(20(26)24-19)11-14-7-9-16(22)10-8-14/h3-10,18H,11H2,1-2H3,(H,24,26). The molecule has 0 spiro atoms. The van der Waals surface area contributed by atoms with E-state index in [2.05, 4.69) is 11.4 Å². The molecule has 2 aromatic rings. The van der Waals surface area contributed by atoms with Crippen LogP contribution in [0.2, 0.25) is 0 Å². The lowest BCUT2D eigenvalue weighted by Gasteiger charge is -2.34. The monoisotopic (exact) mass is 363 g/mol. The summed E-state index contributed by atoms with van der Waals surface area (Å²) in [5.41, 5.74) is 2.50. The van der Waals surface area contributed by atoms with Crippen molar-refractivity contribution >= 4 is 17.4 Å². The number of amides is 2. The highest BCUT2D eigenvalue weighted by Gasteiger charge is 2.36. The molecule has 27 heavy (non-hydrogen) atoms. The van der Waals surface area contributed by atoms with Crippen molar-refractivity contribution in [1.82, 2.24) is 10.2 Å². The van der Waals surface area contributed by atoms with Crippen molar-refractivity contribution in [2.24, 2.45) is 0 Å². The van der Waals surface area contributed by atoms with E-state index >= 15 is 0 Å². The summed E-state index contributed by atoms with van der Waals surface area (Å²) in [4.78, 5) is 26.9. The summed E-state index contributed by atoms with van der Waals surface area (Å²) < 4.78 is 13.1. The first-order valence-electron chi connectivity index (χ1n) is 8.45. The third-order valence-electron chi connectivity index (χ3n) is 4.72. The molecule has 6 heteroatoms. The molecular formula is C21H18FN3O2. The van der Waals surface area contributed by atoms with Gasteiger partial charge in [-0.15, -0.1) is 0 Å². The first-order chi connectivity index (χ1) is 12.9. The van der Waals surface area contributed by atoms with E-state index in [1.54, 1.807) is 50.4 Å². The van der Waals surface area contributed by atoms with Crippen LogP contribution in [0.3, 0.4) is 0 Å². The van der Waals surface area contributed by atoms with Crippen LogP contribution in [0.5, 0.6) is 0 Å². The Labute approximate surface area is 156 Å². The van der Waals surface area contributed by atoms with Crippen LogP contribution in [0.1, 0.15) is 23.6 Å². The molecule has 3 rings (SSSR count). The fraction of sp³-hybridized carbons (Fsp3) is 0.190. The van der Waals surface area contributed by atoms with Crippen LogP contribution in [0.25, 0.3) is 5.57 Å². The van der Waals surface area contributed by atoms with Crippen LogP contribution in [-0.2, 0) is 16.0 Å². The molecule has 0 aromatic heterocycles. The zero-order valence-electron chi connectivity index (χ0n) is 15.0. The molecule has 5 nitrogen and oxygen atoms in total. The second kappa shape index (κ2) is 7.42. The number of piperazine rings is 1. The third kappa shape index (κ3) is 3.58. The van der Waals surface area contributed by atoms with Crippen LogP contribution in [-0.4, -0.2) is 29.8 Å². The molecular weight excluding hydrogens is 345 g/mol. The summed E-state index contributed by atoms with van der Waals surface area (Å²) in [6.45, 7) is 1.71. The Kier molecular flexibility index (Phi) is 5.04. The van der Waals surface area contributed by atoms with Gasteiger partial charge in [0.1, 0.15) is 17.6 Å². The molecule has 0 saturated carbocycles. The molecule has 1 fully saturated rings. The molecule has 1 unspecified atom stereocenters. The van der Waals surface area contributed by atoms with Crippen molar-refractivity contribution < 1.29 is 14.0 Å². The summed E-state index contributed by atoms with van der Waals surface area (Å²) in [6, 6.07) is 14.2. The third-order valence-corrected chi connectivity index (χ3v) is 4.72. The van der Waals surface area contributed by atoms with Gasteiger partial charge in [-0.25, -0.2) is 4.39 Å². The average Bonchev–Trinajstić information content (AvgIpc) is 2.69. The summed E-state index contributed by atoms with van der Waals surface area (Å²) in [7, 11) is 1.57. The molecule has 0 bridgehead atoms. The van der Waals surface area contributed by atoms with E-state index < -0.39 is 6.04 Å². The van der Waals surface area contributed by atoms with Gasteiger partial charge >= 0.3 is 0 Å². The number of allylic oxidation sites excluding steroid dienone is 1. The molecule has 1 saturated heterocycles. The van der Waals surface area contributed by atoms with Crippen LogP contribution in [0.15, 0.2) is 54.2 Å². The molecule has 0 radical (unpaired) electrons. The fourth-order valence-electron chi connectivity index (χ4n) is 3.12. The number of carbonyl (C=O) groups is 2. The quantitative estimate of drug-likeness (QED) is 0.852. The van der Waals surface area contributed by atoms with Gasteiger partial charge in [-0.2, -0.15) is 5.26 Å². The summed E-state index contributed by atoms with van der Waals surface area (Å²) in [5, 5.41) is 12.0. The van der Waals surface area contributed by atoms with E-state index in [0.29, 0.717) is 16.7 Å². The number of hydrogen-bond acceptors (Lipinski definition) is 3. The minimum atomic E-state index is -0.689.